The normalized spacial score (nSPS) is 22.3. The Morgan fingerprint density at radius 1 is 1.00 bits per heavy atom. The van der Waals surface area contributed by atoms with Crippen molar-refractivity contribution in [2.24, 2.45) is 0 Å². The van der Waals surface area contributed by atoms with Gasteiger partial charge in [0, 0.05) is 24.2 Å². The number of hydrogen-bond acceptors (Lipinski definition) is 6. The number of rotatable bonds is 6. The molecule has 2 aromatic rings. The van der Waals surface area contributed by atoms with Gasteiger partial charge < -0.3 is 19.3 Å². The highest BCUT2D eigenvalue weighted by molar-refractivity contribution is 6.63. The fraction of sp³-hybridized carbons (Fsp3) is 0.360. The molecule has 2 fully saturated rings. The molecule has 3 aliphatic rings. The number of carbonyl (C=O) groups excluding carboxylic acids is 4. The molecule has 1 atom stereocenters. The number of piperidine rings is 1. The Labute approximate surface area is 225 Å². The molecule has 0 saturated carbocycles. The number of ether oxygens (including phenoxy) is 2. The lowest BCUT2D eigenvalue weighted by molar-refractivity contribution is -0.143. The molecule has 0 spiro atoms. The summed E-state index contributed by atoms with van der Waals surface area (Å²) >= 11 is 0. The number of fused-ring (bicyclic) bond motifs is 1. The summed E-state index contributed by atoms with van der Waals surface area (Å²) in [6.07, 6.45) is 0. The van der Waals surface area contributed by atoms with Crippen molar-refractivity contribution in [2.75, 3.05) is 19.8 Å². The van der Waals surface area contributed by atoms with Gasteiger partial charge in [-0.3, -0.25) is 24.5 Å². The van der Waals surface area contributed by atoms with Crippen LogP contribution in [0.3, 0.4) is 0 Å². The molecule has 5 rings (SSSR count). The van der Waals surface area contributed by atoms with Gasteiger partial charge in [0.25, 0.3) is 5.91 Å². The van der Waals surface area contributed by atoms with Crippen LogP contribution in [0.4, 0.5) is 0 Å². The van der Waals surface area contributed by atoms with Gasteiger partial charge in [-0.05, 0) is 28.5 Å². The quantitative estimate of drug-likeness (QED) is 0.422. The number of hydrogen-bond donors (Lipinski definition) is 1. The first-order valence-corrected chi connectivity index (χ1v) is 12.0. The highest BCUT2D eigenvalue weighted by atomic mass is 16.5. The maximum atomic E-state index is 13.2. The fourth-order valence-corrected chi connectivity index (χ4v) is 4.83. The lowest BCUT2D eigenvalue weighted by Crippen LogP contribution is -2.66. The van der Waals surface area contributed by atoms with Crippen molar-refractivity contribution in [3.05, 3.63) is 64.7 Å². The summed E-state index contributed by atoms with van der Waals surface area (Å²) < 4.78 is 11.2. The monoisotopic (exact) mass is 503 g/mol. The molecule has 0 aromatic heterocycles. The Kier molecular flexibility index (Phi) is 6.67. The number of morpholine rings is 1. The number of imide groups is 1. The van der Waals surface area contributed by atoms with E-state index >= 15 is 0 Å². The molecule has 3 heterocycles. The third-order valence-electron chi connectivity index (χ3n) is 7.17. The van der Waals surface area contributed by atoms with Crippen molar-refractivity contribution >= 4 is 55.0 Å². The number of nitrogens with zero attached hydrogens (tertiary/aromatic N) is 2. The smallest absolute Gasteiger partial charge is 0.255 e. The van der Waals surface area contributed by atoms with Crippen molar-refractivity contribution < 1.29 is 28.7 Å². The summed E-state index contributed by atoms with van der Waals surface area (Å²) in [6, 6.07) is 11.2. The molecule has 9 nitrogen and oxygen atoms in total. The second-order valence-electron chi connectivity index (χ2n) is 9.71. The minimum absolute atomic E-state index is 0.0346. The van der Waals surface area contributed by atoms with E-state index in [2.05, 4.69) is 5.32 Å². The standard InChI is InChI=1S/C25H21B4N3O6/c26-24(27)20(21(34)30-23(36)25(24,28)29)32-11-17-16(22(32)35)2-1-3-18(17)38-12-15-6-4-14(5-7-15)10-31-8-9-37-13-19(31)33/h1-7,20H,8-13H2,(H,30,34,36). The molecule has 184 valence electrons. The fourth-order valence-electron chi connectivity index (χ4n) is 4.83. The zero-order valence-corrected chi connectivity index (χ0v) is 20.5. The summed E-state index contributed by atoms with van der Waals surface area (Å²) in [7, 11) is 23.9. The van der Waals surface area contributed by atoms with Crippen LogP contribution in [0.15, 0.2) is 42.5 Å². The molecule has 4 amide bonds. The minimum Gasteiger partial charge on any atom is -0.489 e. The summed E-state index contributed by atoms with van der Waals surface area (Å²) in [5, 5.41) is -2.46. The first-order valence-electron chi connectivity index (χ1n) is 12.0. The van der Waals surface area contributed by atoms with Gasteiger partial charge in [-0.25, -0.2) is 0 Å². The van der Waals surface area contributed by atoms with Gasteiger partial charge in [0.1, 0.15) is 25.0 Å². The first-order chi connectivity index (χ1) is 18.0. The minimum atomic E-state index is -2.29. The zero-order chi connectivity index (χ0) is 27.2. The van der Waals surface area contributed by atoms with Crippen LogP contribution in [-0.4, -0.2) is 90.6 Å². The van der Waals surface area contributed by atoms with E-state index in [1.165, 1.54) is 0 Å². The van der Waals surface area contributed by atoms with E-state index in [1.54, 1.807) is 23.1 Å². The van der Waals surface area contributed by atoms with Gasteiger partial charge in [0.15, 0.2) is 0 Å². The van der Waals surface area contributed by atoms with Crippen LogP contribution in [0.5, 0.6) is 5.75 Å². The molecular weight excluding hydrogens is 482 g/mol. The van der Waals surface area contributed by atoms with E-state index in [-0.39, 0.29) is 25.7 Å². The predicted octanol–water partition coefficient (Wildman–Crippen LogP) is -0.488. The molecule has 1 unspecified atom stereocenters. The average molecular weight is 503 g/mol. The molecule has 2 saturated heterocycles. The average Bonchev–Trinajstić information content (AvgIpc) is 3.20. The lowest BCUT2D eigenvalue weighted by atomic mass is 9.26. The van der Waals surface area contributed by atoms with E-state index in [9.17, 15) is 19.2 Å². The largest absolute Gasteiger partial charge is 0.489 e. The van der Waals surface area contributed by atoms with Crippen LogP contribution in [0, 0.1) is 0 Å². The summed E-state index contributed by atoms with van der Waals surface area (Å²) in [6.45, 7) is 1.86. The SMILES string of the molecule is [B]C1([B])C(=O)NC(=O)C(N2Cc3c(OCc4ccc(CN5CCOCC5=O)cc4)cccc3C2=O)C1([B])[B]. The Morgan fingerprint density at radius 3 is 2.42 bits per heavy atom. The number of amides is 4. The maximum absolute atomic E-state index is 13.2. The van der Waals surface area contributed by atoms with Crippen molar-refractivity contribution in [3.63, 3.8) is 0 Å². The van der Waals surface area contributed by atoms with Gasteiger partial charge >= 0.3 is 0 Å². The van der Waals surface area contributed by atoms with Crippen molar-refractivity contribution in [1.82, 2.24) is 15.1 Å². The predicted molar refractivity (Wildman–Crippen MR) is 139 cm³/mol. The molecule has 1 N–H and O–H groups in total. The van der Waals surface area contributed by atoms with E-state index in [0.29, 0.717) is 36.6 Å². The number of nitrogens with one attached hydrogen (secondary N) is 1. The van der Waals surface area contributed by atoms with E-state index in [1.807, 2.05) is 24.3 Å². The van der Waals surface area contributed by atoms with Crippen LogP contribution >= 0.6 is 0 Å². The van der Waals surface area contributed by atoms with E-state index in [0.717, 1.165) is 16.0 Å². The van der Waals surface area contributed by atoms with Gasteiger partial charge in [0.2, 0.25) is 17.7 Å². The third kappa shape index (κ3) is 4.42. The molecule has 13 heteroatoms. The topological polar surface area (TPSA) is 105 Å². The van der Waals surface area contributed by atoms with Crippen LogP contribution in [0.2, 0.25) is 10.4 Å². The van der Waals surface area contributed by atoms with Crippen LogP contribution in [0.1, 0.15) is 27.0 Å². The van der Waals surface area contributed by atoms with E-state index in [4.69, 9.17) is 40.9 Å². The summed E-state index contributed by atoms with van der Waals surface area (Å²) in [5.41, 5.74) is 2.72. The van der Waals surface area contributed by atoms with E-state index < -0.39 is 34.2 Å². The van der Waals surface area contributed by atoms with Gasteiger partial charge in [-0.1, -0.05) is 35.5 Å². The molecule has 38 heavy (non-hydrogen) atoms. The Bertz CT molecular complexity index is 1320. The summed E-state index contributed by atoms with van der Waals surface area (Å²) in [5.74, 6) is -2.00. The van der Waals surface area contributed by atoms with Crippen LogP contribution < -0.4 is 10.1 Å². The molecule has 8 radical (unpaired) electrons. The molecule has 2 aromatic carbocycles. The molecule has 0 bridgehead atoms. The third-order valence-corrected chi connectivity index (χ3v) is 7.17. The number of carbonyl (C=O) groups is 4. The lowest BCUT2D eigenvalue weighted by Gasteiger charge is -2.53. The molecular formula is C25H21B4N3O6. The highest BCUT2D eigenvalue weighted by Crippen LogP contribution is 2.50. The summed E-state index contributed by atoms with van der Waals surface area (Å²) in [4.78, 5) is 52.9. The van der Waals surface area contributed by atoms with Crippen molar-refractivity contribution in [1.29, 1.82) is 0 Å². The second kappa shape index (κ2) is 9.69. The van der Waals surface area contributed by atoms with Crippen LogP contribution in [0.25, 0.3) is 0 Å². The zero-order valence-electron chi connectivity index (χ0n) is 20.5. The van der Waals surface area contributed by atoms with Gasteiger partial charge in [-0.15, -0.1) is 0 Å². The molecule has 3 aliphatic heterocycles. The van der Waals surface area contributed by atoms with Crippen LogP contribution in [-0.2, 0) is 38.8 Å². The Hall–Kier alpha value is -3.46. The van der Waals surface area contributed by atoms with Crippen molar-refractivity contribution in [2.45, 2.75) is 36.2 Å². The Balaban J connectivity index is 1.29. The maximum Gasteiger partial charge on any atom is 0.255 e. The second-order valence-corrected chi connectivity index (χ2v) is 9.71. The van der Waals surface area contributed by atoms with Gasteiger partial charge in [-0.2, -0.15) is 0 Å². The highest BCUT2D eigenvalue weighted by Gasteiger charge is 2.56. The first kappa shape index (κ1) is 26.2. The van der Waals surface area contributed by atoms with Crippen molar-refractivity contribution in [3.8, 4) is 5.75 Å². The van der Waals surface area contributed by atoms with Gasteiger partial charge in [0.05, 0.1) is 44.5 Å². The number of benzene rings is 2. The Morgan fingerprint density at radius 2 is 1.71 bits per heavy atom. The molecule has 0 aliphatic carbocycles.